The van der Waals surface area contributed by atoms with Gasteiger partial charge < -0.3 is 9.80 Å². The van der Waals surface area contributed by atoms with Crippen LogP contribution in [-0.4, -0.2) is 55.4 Å². The number of hydrogen-bond acceptors (Lipinski definition) is 2. The third kappa shape index (κ3) is 4.81. The molecule has 0 aliphatic carbocycles. The number of likely N-dealkylation sites (tertiary alicyclic amines) is 1. The maximum atomic E-state index is 13.3. The molecule has 1 aliphatic heterocycles. The number of piperidine rings is 1. The van der Waals surface area contributed by atoms with Crippen LogP contribution in [0.2, 0.25) is 0 Å². The monoisotopic (exact) mass is 246 g/mol. The van der Waals surface area contributed by atoms with Gasteiger partial charge in [-0.05, 0) is 20.0 Å². The minimum atomic E-state index is -2.75. The van der Waals surface area contributed by atoms with Crippen LogP contribution < -0.4 is 0 Å². The second kappa shape index (κ2) is 5.58. The van der Waals surface area contributed by atoms with Crippen LogP contribution in [0.15, 0.2) is 12.2 Å². The van der Waals surface area contributed by atoms with Gasteiger partial charge in [0, 0.05) is 25.6 Å². The standard InChI is InChI=1S/C12H20F2N2O/c1-10-7-12(13,14)9-16(8-10)11(17)5-4-6-15(2)3/h4-5,10H,6-9H2,1-3H3/b5-4+. The van der Waals surface area contributed by atoms with Gasteiger partial charge >= 0.3 is 0 Å². The molecule has 3 nitrogen and oxygen atoms in total. The minimum absolute atomic E-state index is 0.127. The van der Waals surface area contributed by atoms with Crippen molar-refractivity contribution in [3.63, 3.8) is 0 Å². The van der Waals surface area contributed by atoms with Gasteiger partial charge in [-0.25, -0.2) is 8.78 Å². The van der Waals surface area contributed by atoms with Crippen molar-refractivity contribution in [2.75, 3.05) is 33.7 Å². The lowest BCUT2D eigenvalue weighted by Crippen LogP contribution is -2.48. The third-order valence-corrected chi connectivity index (χ3v) is 2.64. The number of hydrogen-bond donors (Lipinski definition) is 0. The molecule has 1 heterocycles. The van der Waals surface area contributed by atoms with Crippen LogP contribution in [0, 0.1) is 5.92 Å². The van der Waals surface area contributed by atoms with E-state index < -0.39 is 12.5 Å². The van der Waals surface area contributed by atoms with E-state index in [1.54, 1.807) is 13.0 Å². The van der Waals surface area contributed by atoms with Gasteiger partial charge in [0.2, 0.25) is 5.91 Å². The molecular weight excluding hydrogens is 226 g/mol. The number of alkyl halides is 2. The SMILES string of the molecule is CC1CN(C(=O)/C=C/CN(C)C)CC(F)(F)C1. The summed E-state index contributed by atoms with van der Waals surface area (Å²) in [5, 5.41) is 0. The van der Waals surface area contributed by atoms with Crippen molar-refractivity contribution in [2.45, 2.75) is 19.3 Å². The average Bonchev–Trinajstić information content (AvgIpc) is 2.13. The zero-order valence-corrected chi connectivity index (χ0v) is 10.6. The highest BCUT2D eigenvalue weighted by Gasteiger charge is 2.39. The highest BCUT2D eigenvalue weighted by atomic mass is 19.3. The summed E-state index contributed by atoms with van der Waals surface area (Å²) in [5.74, 6) is -3.22. The second-order valence-corrected chi connectivity index (χ2v) is 5.05. The molecular formula is C12H20F2N2O. The van der Waals surface area contributed by atoms with Gasteiger partial charge in [-0.15, -0.1) is 0 Å². The topological polar surface area (TPSA) is 23.6 Å². The fourth-order valence-electron chi connectivity index (χ4n) is 2.00. The molecule has 1 amide bonds. The fraction of sp³-hybridized carbons (Fsp3) is 0.750. The molecule has 0 aromatic rings. The Morgan fingerprint density at radius 2 is 2.18 bits per heavy atom. The Bertz CT molecular complexity index is 303. The molecule has 1 saturated heterocycles. The molecule has 1 fully saturated rings. The number of halogens is 2. The summed E-state index contributed by atoms with van der Waals surface area (Å²) >= 11 is 0. The zero-order valence-electron chi connectivity index (χ0n) is 10.6. The van der Waals surface area contributed by atoms with Crippen molar-refractivity contribution in [1.29, 1.82) is 0 Å². The Morgan fingerprint density at radius 3 is 2.71 bits per heavy atom. The normalized spacial score (nSPS) is 24.6. The number of nitrogens with zero attached hydrogens (tertiary/aromatic N) is 2. The van der Waals surface area contributed by atoms with E-state index in [4.69, 9.17) is 0 Å². The van der Waals surface area contributed by atoms with Crippen LogP contribution in [0.4, 0.5) is 8.78 Å². The molecule has 1 unspecified atom stereocenters. The van der Waals surface area contributed by atoms with Gasteiger partial charge in [-0.2, -0.15) is 0 Å². The molecule has 1 rings (SSSR count). The van der Waals surface area contributed by atoms with Crippen molar-refractivity contribution in [2.24, 2.45) is 5.92 Å². The summed E-state index contributed by atoms with van der Waals surface area (Å²) in [4.78, 5) is 14.8. The first-order valence-corrected chi connectivity index (χ1v) is 5.78. The number of carbonyl (C=O) groups is 1. The van der Waals surface area contributed by atoms with Crippen LogP contribution >= 0.6 is 0 Å². The quantitative estimate of drug-likeness (QED) is 0.706. The lowest BCUT2D eigenvalue weighted by atomic mass is 9.97. The highest BCUT2D eigenvalue weighted by Crippen LogP contribution is 2.30. The van der Waals surface area contributed by atoms with Crippen LogP contribution in [0.5, 0.6) is 0 Å². The smallest absolute Gasteiger partial charge is 0.265 e. The van der Waals surface area contributed by atoms with Gasteiger partial charge in [0.15, 0.2) is 0 Å². The molecule has 0 saturated carbocycles. The van der Waals surface area contributed by atoms with Crippen molar-refractivity contribution >= 4 is 5.91 Å². The van der Waals surface area contributed by atoms with E-state index in [2.05, 4.69) is 0 Å². The lowest BCUT2D eigenvalue weighted by molar-refractivity contribution is -0.140. The van der Waals surface area contributed by atoms with E-state index in [1.165, 1.54) is 11.0 Å². The van der Waals surface area contributed by atoms with E-state index in [1.807, 2.05) is 19.0 Å². The molecule has 0 aromatic heterocycles. The Kier molecular flexibility index (Phi) is 4.62. The molecule has 0 aromatic carbocycles. The Hall–Kier alpha value is -0.970. The molecule has 98 valence electrons. The molecule has 0 radical (unpaired) electrons. The highest BCUT2D eigenvalue weighted by molar-refractivity contribution is 5.87. The fourth-order valence-corrected chi connectivity index (χ4v) is 2.00. The second-order valence-electron chi connectivity index (χ2n) is 5.05. The van der Waals surface area contributed by atoms with Crippen molar-refractivity contribution in [3.8, 4) is 0 Å². The number of likely N-dealkylation sites (N-methyl/N-ethyl adjacent to an activating group) is 1. The molecule has 1 aliphatic rings. The van der Waals surface area contributed by atoms with Gasteiger partial charge in [-0.1, -0.05) is 13.0 Å². The summed E-state index contributed by atoms with van der Waals surface area (Å²) in [6, 6.07) is 0. The van der Waals surface area contributed by atoms with Gasteiger partial charge in [0.05, 0.1) is 6.54 Å². The van der Waals surface area contributed by atoms with Gasteiger partial charge in [0.25, 0.3) is 5.92 Å². The van der Waals surface area contributed by atoms with Crippen LogP contribution in [0.1, 0.15) is 13.3 Å². The van der Waals surface area contributed by atoms with Crippen molar-refractivity contribution in [1.82, 2.24) is 9.80 Å². The zero-order chi connectivity index (χ0) is 13.1. The number of rotatable bonds is 3. The summed E-state index contributed by atoms with van der Waals surface area (Å²) in [5.41, 5.74) is 0. The molecule has 5 heteroatoms. The molecule has 0 N–H and O–H groups in total. The summed E-state index contributed by atoms with van der Waals surface area (Å²) in [7, 11) is 3.76. The van der Waals surface area contributed by atoms with E-state index in [0.29, 0.717) is 13.1 Å². The summed E-state index contributed by atoms with van der Waals surface area (Å²) in [6.45, 7) is 2.34. The van der Waals surface area contributed by atoms with Crippen LogP contribution in [-0.2, 0) is 4.79 Å². The van der Waals surface area contributed by atoms with Crippen LogP contribution in [0.25, 0.3) is 0 Å². The lowest BCUT2D eigenvalue weighted by Gasteiger charge is -2.35. The number of carbonyl (C=O) groups excluding carboxylic acids is 1. The molecule has 1 atom stereocenters. The largest absolute Gasteiger partial charge is 0.333 e. The first kappa shape index (κ1) is 14.1. The van der Waals surface area contributed by atoms with Gasteiger partial charge in [-0.3, -0.25) is 4.79 Å². The maximum Gasteiger partial charge on any atom is 0.265 e. The Morgan fingerprint density at radius 1 is 1.53 bits per heavy atom. The van der Waals surface area contributed by atoms with Gasteiger partial charge in [0.1, 0.15) is 0 Å². The molecule has 0 bridgehead atoms. The van der Waals surface area contributed by atoms with Crippen molar-refractivity contribution < 1.29 is 13.6 Å². The maximum absolute atomic E-state index is 13.3. The predicted molar refractivity (Wildman–Crippen MR) is 63.0 cm³/mol. The van der Waals surface area contributed by atoms with E-state index >= 15 is 0 Å². The van der Waals surface area contributed by atoms with Crippen LogP contribution in [0.3, 0.4) is 0 Å². The Labute approximate surface area is 101 Å². The van der Waals surface area contributed by atoms with E-state index in [0.717, 1.165) is 0 Å². The number of amides is 1. The third-order valence-electron chi connectivity index (χ3n) is 2.64. The summed E-state index contributed by atoms with van der Waals surface area (Å²) < 4.78 is 26.6. The predicted octanol–water partition coefficient (Wildman–Crippen LogP) is 1.61. The summed E-state index contributed by atoms with van der Waals surface area (Å²) in [6.07, 6.45) is 2.95. The van der Waals surface area contributed by atoms with Crippen molar-refractivity contribution in [3.05, 3.63) is 12.2 Å². The Balaban J connectivity index is 2.54. The average molecular weight is 246 g/mol. The first-order chi connectivity index (χ1) is 7.80. The van der Waals surface area contributed by atoms with E-state index in [9.17, 15) is 13.6 Å². The molecule has 0 spiro atoms. The first-order valence-electron chi connectivity index (χ1n) is 5.78. The molecule has 17 heavy (non-hydrogen) atoms. The van der Waals surface area contributed by atoms with E-state index in [-0.39, 0.29) is 18.2 Å². The minimum Gasteiger partial charge on any atom is -0.333 e.